The number of amides is 2. The lowest BCUT2D eigenvalue weighted by molar-refractivity contribution is -0.461. The minimum Gasteiger partial charge on any atom is -0.494 e. The Morgan fingerprint density at radius 1 is 0.528 bits per heavy atom. The Morgan fingerprint density at radius 2 is 0.906 bits per heavy atom. The summed E-state index contributed by atoms with van der Waals surface area (Å²) < 4.78 is 232. The molecule has 0 N–H and O–H groups in total. The summed E-state index contributed by atoms with van der Waals surface area (Å²) in [5, 5.41) is 0.393. The smallest absolute Gasteiger partial charge is 0.460 e. The number of imide groups is 1. The zero-order valence-corrected chi connectivity index (χ0v) is 26.9. The highest BCUT2D eigenvalue weighted by Gasteiger charge is 2.95. The molecule has 1 aliphatic heterocycles. The van der Waals surface area contributed by atoms with E-state index >= 15 is 0 Å². The van der Waals surface area contributed by atoms with Gasteiger partial charge in [-0.15, -0.1) is 5.06 Å². The molecule has 1 heterocycles. The molecule has 0 aromatic heterocycles. The van der Waals surface area contributed by atoms with Gasteiger partial charge in [0, 0.05) is 19.3 Å². The molecule has 0 spiro atoms. The average Bonchev–Trinajstić information content (AvgIpc) is 3.36. The molecule has 304 valence electrons. The van der Waals surface area contributed by atoms with Crippen LogP contribution in [0.25, 0.3) is 0 Å². The van der Waals surface area contributed by atoms with Gasteiger partial charge in [-0.2, -0.15) is 74.6 Å². The summed E-state index contributed by atoms with van der Waals surface area (Å²) >= 11 is 0. The van der Waals surface area contributed by atoms with Gasteiger partial charge in [-0.25, -0.2) is 4.79 Å². The molecule has 23 heteroatoms. The molecule has 0 unspecified atom stereocenters. The van der Waals surface area contributed by atoms with E-state index in [4.69, 9.17) is 9.57 Å². The Morgan fingerprint density at radius 3 is 1.34 bits per heavy atom. The maximum atomic E-state index is 14.0. The first-order valence-electron chi connectivity index (χ1n) is 15.5. The molecule has 2 amide bonds. The maximum Gasteiger partial charge on any atom is 0.460 e. The largest absolute Gasteiger partial charge is 0.494 e. The van der Waals surface area contributed by atoms with Crippen LogP contribution in [0.5, 0.6) is 5.75 Å². The Balaban J connectivity index is 1.73. The van der Waals surface area contributed by atoms with Crippen LogP contribution in [0.4, 0.5) is 74.6 Å². The minimum atomic E-state index is -8.62. The third kappa shape index (κ3) is 9.22. The Bertz CT molecular complexity index is 1400. The molecule has 0 atom stereocenters. The summed E-state index contributed by atoms with van der Waals surface area (Å²) in [6.07, 6.45) is -8.85. The fourth-order valence-corrected chi connectivity index (χ4v) is 4.71. The lowest BCUT2D eigenvalue weighted by Crippen LogP contribution is -2.74. The van der Waals surface area contributed by atoms with Crippen LogP contribution < -0.4 is 4.74 Å². The van der Waals surface area contributed by atoms with Gasteiger partial charge in [0.2, 0.25) is 0 Å². The number of unbranched alkanes of at least 4 members (excludes halogenated alkanes) is 8. The van der Waals surface area contributed by atoms with E-state index in [0.29, 0.717) is 42.9 Å². The number of carbonyl (C=O) groups is 3. The summed E-state index contributed by atoms with van der Waals surface area (Å²) in [6.45, 7) is 0.241. The minimum absolute atomic E-state index is 0.0116. The normalized spacial score (nSPS) is 15.7. The number of ether oxygens (including phenoxy) is 1. The number of hydrogen-bond donors (Lipinski definition) is 0. The highest BCUT2D eigenvalue weighted by molar-refractivity contribution is 6.02. The first kappa shape index (κ1) is 45.6. The first-order chi connectivity index (χ1) is 24.0. The lowest BCUT2D eigenvalue weighted by atomic mass is 9.87. The number of hydroxylamine groups is 2. The van der Waals surface area contributed by atoms with E-state index in [1.165, 1.54) is 24.3 Å². The molecular formula is C30H30F17NO5. The van der Waals surface area contributed by atoms with E-state index in [1.54, 1.807) is 0 Å². The fraction of sp³-hybridized carbons (Fsp3) is 0.700. The van der Waals surface area contributed by atoms with Crippen molar-refractivity contribution in [3.8, 4) is 5.75 Å². The number of halogens is 17. The lowest BCUT2D eigenvalue weighted by Gasteiger charge is -2.42. The Hall–Kier alpha value is -3.56. The summed E-state index contributed by atoms with van der Waals surface area (Å²) in [5.41, 5.74) is 0.0397. The van der Waals surface area contributed by atoms with Crippen molar-refractivity contribution in [1.29, 1.82) is 0 Å². The van der Waals surface area contributed by atoms with Gasteiger partial charge in [0.05, 0.1) is 12.2 Å². The second-order valence-electron chi connectivity index (χ2n) is 11.9. The van der Waals surface area contributed by atoms with Crippen LogP contribution in [0.2, 0.25) is 0 Å². The third-order valence-corrected chi connectivity index (χ3v) is 7.96. The monoisotopic (exact) mass is 807 g/mol. The second-order valence-corrected chi connectivity index (χ2v) is 11.9. The van der Waals surface area contributed by atoms with Gasteiger partial charge in [0.15, 0.2) is 0 Å². The topological polar surface area (TPSA) is 72.9 Å². The van der Waals surface area contributed by atoms with Crippen LogP contribution >= 0.6 is 0 Å². The van der Waals surface area contributed by atoms with Crippen molar-refractivity contribution in [2.45, 2.75) is 125 Å². The second kappa shape index (κ2) is 16.4. The van der Waals surface area contributed by atoms with Gasteiger partial charge >= 0.3 is 53.6 Å². The molecule has 0 radical (unpaired) electrons. The van der Waals surface area contributed by atoms with Gasteiger partial charge in [0.1, 0.15) is 5.75 Å². The van der Waals surface area contributed by atoms with E-state index in [0.717, 1.165) is 0 Å². The van der Waals surface area contributed by atoms with Crippen molar-refractivity contribution in [3.63, 3.8) is 0 Å². The molecule has 6 nitrogen and oxygen atoms in total. The third-order valence-electron chi connectivity index (χ3n) is 7.96. The van der Waals surface area contributed by atoms with Crippen LogP contribution in [-0.4, -0.2) is 77.1 Å². The molecular weight excluding hydrogens is 777 g/mol. The summed E-state index contributed by atoms with van der Waals surface area (Å²) in [6, 6.07) is 5.56. The van der Waals surface area contributed by atoms with E-state index in [9.17, 15) is 89.0 Å². The summed E-state index contributed by atoms with van der Waals surface area (Å²) in [5.74, 6) is -57.9. The van der Waals surface area contributed by atoms with Gasteiger partial charge in [-0.05, 0) is 37.1 Å². The maximum absolute atomic E-state index is 14.0. The number of alkyl halides is 17. The molecule has 53 heavy (non-hydrogen) atoms. The molecule has 1 aromatic rings. The van der Waals surface area contributed by atoms with Gasteiger partial charge in [0.25, 0.3) is 11.8 Å². The molecule has 0 bridgehead atoms. The van der Waals surface area contributed by atoms with Crippen molar-refractivity contribution in [3.05, 3.63) is 29.8 Å². The first-order valence-corrected chi connectivity index (χ1v) is 15.5. The van der Waals surface area contributed by atoms with Crippen LogP contribution in [0.1, 0.15) is 87.4 Å². The zero-order chi connectivity index (χ0) is 40.9. The van der Waals surface area contributed by atoms with Crippen molar-refractivity contribution >= 4 is 17.8 Å². The molecule has 0 saturated carbocycles. The van der Waals surface area contributed by atoms with E-state index in [1.807, 2.05) is 0 Å². The van der Waals surface area contributed by atoms with Crippen LogP contribution in [0, 0.1) is 0 Å². The molecule has 0 aliphatic carbocycles. The molecule has 2 rings (SSSR count). The van der Waals surface area contributed by atoms with E-state index in [2.05, 4.69) is 0 Å². The number of rotatable bonds is 21. The van der Waals surface area contributed by atoms with Crippen molar-refractivity contribution in [2.24, 2.45) is 0 Å². The predicted molar refractivity (Wildman–Crippen MR) is 145 cm³/mol. The van der Waals surface area contributed by atoms with Crippen LogP contribution in [-0.2, 0) is 14.4 Å². The van der Waals surface area contributed by atoms with Crippen LogP contribution in [0.15, 0.2) is 24.3 Å². The molecule has 1 aromatic carbocycles. The summed E-state index contributed by atoms with van der Waals surface area (Å²) in [4.78, 5) is 40.0. The highest BCUT2D eigenvalue weighted by atomic mass is 19.4. The predicted octanol–water partition coefficient (Wildman–Crippen LogP) is 10.2. The number of nitrogens with zero attached hydrogens (tertiary/aromatic N) is 1. The van der Waals surface area contributed by atoms with Gasteiger partial charge in [-0.1, -0.05) is 44.9 Å². The number of carbonyl (C=O) groups excluding carboxylic acids is 3. The van der Waals surface area contributed by atoms with Gasteiger partial charge in [-0.3, -0.25) is 9.59 Å². The number of benzene rings is 1. The highest BCUT2D eigenvalue weighted by Crippen LogP contribution is 2.64. The molecule has 1 saturated heterocycles. The quantitative estimate of drug-likeness (QED) is 0.0703. The zero-order valence-electron chi connectivity index (χ0n) is 26.9. The average molecular weight is 808 g/mol. The van der Waals surface area contributed by atoms with Crippen molar-refractivity contribution in [2.75, 3.05) is 6.61 Å². The van der Waals surface area contributed by atoms with E-state index in [-0.39, 0.29) is 37.9 Å². The molecule has 1 fully saturated rings. The standard InChI is InChI=1S/C30H30F17NO5/c31-23(32,24(33,34)25(35,36)26(37,38)27(39,40)28(41,42)29(43,44)30(45,46)47)16-8-6-4-2-1-3-5-7-9-17-52-19-12-10-18(11-13-19)22(51)53-48-20(49)14-15-21(48)50/h10-13H,1-9,14-17H2. The van der Waals surface area contributed by atoms with Crippen molar-refractivity contribution < 1.29 is 98.6 Å². The Kier molecular flexibility index (Phi) is 14.1. The van der Waals surface area contributed by atoms with Gasteiger partial charge < -0.3 is 9.57 Å². The summed E-state index contributed by atoms with van der Waals surface area (Å²) in [7, 11) is 0. The SMILES string of the molecule is O=C(ON1C(=O)CCC1=O)c1ccc(OCCCCCCCCCCCC(F)(F)C(F)(F)C(F)(F)C(F)(F)C(F)(F)C(F)(F)C(F)(F)C(F)(F)F)cc1. The van der Waals surface area contributed by atoms with E-state index < -0.39 is 84.7 Å². The molecule has 1 aliphatic rings. The number of hydrogen-bond acceptors (Lipinski definition) is 5. The fourth-order valence-electron chi connectivity index (χ4n) is 4.71. The Labute approximate surface area is 288 Å². The van der Waals surface area contributed by atoms with Crippen molar-refractivity contribution in [1.82, 2.24) is 5.06 Å². The van der Waals surface area contributed by atoms with Crippen LogP contribution in [0.3, 0.4) is 0 Å².